The lowest BCUT2D eigenvalue weighted by atomic mass is 10.1. The fourth-order valence-corrected chi connectivity index (χ4v) is 1.91. The Morgan fingerprint density at radius 2 is 2.19 bits per heavy atom. The third kappa shape index (κ3) is 3.35. The molecule has 5 heteroatoms. The van der Waals surface area contributed by atoms with Gasteiger partial charge in [-0.2, -0.15) is 0 Å². The average Bonchev–Trinajstić information content (AvgIpc) is 2.20. The number of nitrogens with zero attached hydrogens (tertiary/aromatic N) is 2. The van der Waals surface area contributed by atoms with Gasteiger partial charge in [0.2, 0.25) is 0 Å². The number of hydrogen-bond donors (Lipinski definition) is 2. The Morgan fingerprint density at radius 3 is 2.62 bits per heavy atom. The van der Waals surface area contributed by atoms with Crippen LogP contribution in [0.3, 0.4) is 0 Å². The number of carbonyl (C=O) groups is 1. The van der Waals surface area contributed by atoms with Crippen molar-refractivity contribution in [3.63, 3.8) is 0 Å². The molecule has 16 heavy (non-hydrogen) atoms. The number of aliphatic imine (C=N–C) groups is 1. The van der Waals surface area contributed by atoms with Crippen LogP contribution >= 0.6 is 12.6 Å². The number of aliphatic carboxylic acids is 1. The molecule has 0 aromatic rings. The molecule has 1 heterocycles. The van der Waals surface area contributed by atoms with Crippen molar-refractivity contribution in [3.8, 4) is 0 Å². The summed E-state index contributed by atoms with van der Waals surface area (Å²) in [6.07, 6.45) is 0.766. The van der Waals surface area contributed by atoms with Crippen LogP contribution in [0.1, 0.15) is 27.2 Å². The number of hydrogen-bond acceptors (Lipinski definition) is 4. The van der Waals surface area contributed by atoms with Gasteiger partial charge in [-0.3, -0.25) is 4.90 Å². The summed E-state index contributed by atoms with van der Waals surface area (Å²) in [5.41, 5.74) is 0.930. The molecule has 1 N–H and O–H groups in total. The quantitative estimate of drug-likeness (QED) is 0.586. The maximum atomic E-state index is 10.7. The van der Waals surface area contributed by atoms with Crippen molar-refractivity contribution in [1.29, 1.82) is 0 Å². The molecule has 0 bridgehead atoms. The van der Waals surface area contributed by atoms with Crippen molar-refractivity contribution in [2.45, 2.75) is 33.2 Å². The van der Waals surface area contributed by atoms with Gasteiger partial charge in [0, 0.05) is 30.5 Å². The van der Waals surface area contributed by atoms with E-state index in [1.165, 1.54) is 6.92 Å². The molecule has 1 rings (SSSR count). The monoisotopic (exact) mass is 242 g/mol. The van der Waals surface area contributed by atoms with Gasteiger partial charge in [0.25, 0.3) is 0 Å². The molecule has 0 saturated heterocycles. The second-order valence-electron chi connectivity index (χ2n) is 4.21. The van der Waals surface area contributed by atoms with Gasteiger partial charge in [0.15, 0.2) is 0 Å². The Balaban J connectivity index is 2.80. The minimum atomic E-state index is -0.972. The van der Waals surface area contributed by atoms with Crippen molar-refractivity contribution in [2.75, 3.05) is 13.1 Å². The molecule has 0 aromatic heterocycles. The molecule has 0 fully saturated rings. The van der Waals surface area contributed by atoms with E-state index in [-0.39, 0.29) is 5.71 Å². The molecule has 0 spiro atoms. The molecule has 1 aliphatic rings. The first kappa shape index (κ1) is 13.3. The van der Waals surface area contributed by atoms with E-state index in [0.717, 1.165) is 30.1 Å². The lowest BCUT2D eigenvalue weighted by Crippen LogP contribution is -2.36. The molecule has 0 aromatic carbocycles. The van der Waals surface area contributed by atoms with E-state index in [2.05, 4.69) is 36.4 Å². The summed E-state index contributed by atoms with van der Waals surface area (Å²) in [4.78, 5) is 17.9. The maximum absolute atomic E-state index is 10.7. The van der Waals surface area contributed by atoms with Crippen LogP contribution in [0.4, 0.5) is 0 Å². The topological polar surface area (TPSA) is 52.9 Å². The number of thiol groups is 1. The van der Waals surface area contributed by atoms with Crippen LogP contribution in [-0.2, 0) is 4.79 Å². The van der Waals surface area contributed by atoms with Gasteiger partial charge in [0.05, 0.1) is 5.70 Å². The first-order chi connectivity index (χ1) is 7.41. The Labute approximate surface area is 101 Å². The van der Waals surface area contributed by atoms with Gasteiger partial charge in [-0.1, -0.05) is 0 Å². The van der Waals surface area contributed by atoms with Gasteiger partial charge in [-0.15, -0.1) is 12.6 Å². The Kier molecular flexibility index (Phi) is 4.56. The normalized spacial score (nSPS) is 19.4. The van der Waals surface area contributed by atoms with E-state index in [0.29, 0.717) is 6.04 Å². The van der Waals surface area contributed by atoms with Crippen LogP contribution < -0.4 is 0 Å². The Morgan fingerprint density at radius 1 is 1.56 bits per heavy atom. The van der Waals surface area contributed by atoms with Crippen LogP contribution in [0.2, 0.25) is 0 Å². The molecule has 0 aliphatic carbocycles. The maximum Gasteiger partial charge on any atom is 0.349 e. The summed E-state index contributed by atoms with van der Waals surface area (Å²) >= 11 is 4.39. The minimum absolute atomic E-state index is 0.125. The van der Waals surface area contributed by atoms with E-state index in [1.807, 2.05) is 0 Å². The lowest BCUT2D eigenvalue weighted by molar-refractivity contribution is -0.129. The first-order valence-electron chi connectivity index (χ1n) is 5.35. The minimum Gasteiger partial charge on any atom is -0.477 e. The molecule has 0 radical (unpaired) electrons. The van der Waals surface area contributed by atoms with Gasteiger partial charge >= 0.3 is 5.97 Å². The first-order valence-corrected chi connectivity index (χ1v) is 5.80. The summed E-state index contributed by atoms with van der Waals surface area (Å²) in [6, 6.07) is 0.480. The van der Waals surface area contributed by atoms with Crippen LogP contribution in [0.5, 0.6) is 0 Å². The third-order valence-electron chi connectivity index (χ3n) is 2.66. The zero-order valence-corrected chi connectivity index (χ0v) is 10.8. The van der Waals surface area contributed by atoms with E-state index < -0.39 is 5.97 Å². The van der Waals surface area contributed by atoms with E-state index in [1.54, 1.807) is 0 Å². The number of rotatable bonds is 3. The van der Waals surface area contributed by atoms with Crippen molar-refractivity contribution in [2.24, 2.45) is 4.99 Å². The summed E-state index contributed by atoms with van der Waals surface area (Å²) in [6.45, 7) is 7.45. The summed E-state index contributed by atoms with van der Waals surface area (Å²) in [5.74, 6) is -0.972. The molecular weight excluding hydrogens is 224 g/mol. The standard InChI is InChI=1S/C11H18N2O2S/c1-7(2)13-5-4-9(10(16)6-13)12-8(3)11(14)15/h7,16H,4-6H2,1-3H3,(H,14,15). The fourth-order valence-electron chi connectivity index (χ4n) is 1.57. The van der Waals surface area contributed by atoms with Crippen LogP contribution in [-0.4, -0.2) is 40.8 Å². The molecule has 0 unspecified atom stereocenters. The molecule has 4 nitrogen and oxygen atoms in total. The summed E-state index contributed by atoms with van der Waals surface area (Å²) in [7, 11) is 0. The molecule has 0 atom stereocenters. The van der Waals surface area contributed by atoms with Gasteiger partial charge < -0.3 is 5.11 Å². The van der Waals surface area contributed by atoms with Crippen molar-refractivity contribution >= 4 is 24.3 Å². The third-order valence-corrected chi connectivity index (χ3v) is 3.06. The molecule has 0 saturated carbocycles. The molecular formula is C11H18N2O2S. The zero-order chi connectivity index (χ0) is 12.3. The van der Waals surface area contributed by atoms with Crippen LogP contribution in [0, 0.1) is 0 Å². The SMILES string of the molecule is CC(=NC1=C(S)CN(C(C)C)CC1)C(=O)O. The highest BCUT2D eigenvalue weighted by Crippen LogP contribution is 2.23. The van der Waals surface area contributed by atoms with E-state index >= 15 is 0 Å². The lowest BCUT2D eigenvalue weighted by Gasteiger charge is -2.30. The highest BCUT2D eigenvalue weighted by atomic mass is 32.1. The fraction of sp³-hybridized carbons (Fsp3) is 0.636. The van der Waals surface area contributed by atoms with Gasteiger partial charge in [-0.05, 0) is 20.8 Å². The Hall–Kier alpha value is -0.810. The van der Waals surface area contributed by atoms with E-state index in [4.69, 9.17) is 5.11 Å². The van der Waals surface area contributed by atoms with Gasteiger partial charge in [-0.25, -0.2) is 9.79 Å². The molecule has 0 amide bonds. The van der Waals surface area contributed by atoms with E-state index in [9.17, 15) is 4.79 Å². The zero-order valence-electron chi connectivity index (χ0n) is 9.90. The van der Waals surface area contributed by atoms with Crippen molar-refractivity contribution in [3.05, 3.63) is 10.6 Å². The molecule has 90 valence electrons. The highest BCUT2D eigenvalue weighted by molar-refractivity contribution is 7.84. The average molecular weight is 242 g/mol. The largest absolute Gasteiger partial charge is 0.477 e. The Bertz CT molecular complexity index is 348. The predicted molar refractivity (Wildman–Crippen MR) is 68.1 cm³/mol. The summed E-state index contributed by atoms with van der Waals surface area (Å²) < 4.78 is 0. The van der Waals surface area contributed by atoms with Gasteiger partial charge in [0.1, 0.15) is 5.71 Å². The predicted octanol–water partition coefficient (Wildman–Crippen LogP) is 1.79. The number of carboxylic acid groups (broad SMARTS) is 1. The van der Waals surface area contributed by atoms with Crippen molar-refractivity contribution in [1.82, 2.24) is 4.90 Å². The second kappa shape index (κ2) is 5.50. The van der Waals surface area contributed by atoms with Crippen LogP contribution in [0.15, 0.2) is 15.6 Å². The highest BCUT2D eigenvalue weighted by Gasteiger charge is 2.19. The summed E-state index contributed by atoms with van der Waals surface area (Å²) in [5, 5.41) is 8.75. The van der Waals surface area contributed by atoms with Crippen LogP contribution in [0.25, 0.3) is 0 Å². The number of carboxylic acids is 1. The van der Waals surface area contributed by atoms with Crippen molar-refractivity contribution < 1.29 is 9.90 Å². The second-order valence-corrected chi connectivity index (χ2v) is 4.75. The smallest absolute Gasteiger partial charge is 0.349 e. The molecule has 1 aliphatic heterocycles.